The van der Waals surface area contributed by atoms with Crippen LogP contribution in [0.2, 0.25) is 0 Å². The van der Waals surface area contributed by atoms with Crippen molar-refractivity contribution < 1.29 is 37.3 Å². The first kappa shape index (κ1) is 14.4. The third-order valence-electron chi connectivity index (χ3n) is 8.47. The number of furan rings is 1. The molecule has 9 aromatic carbocycles. The van der Waals surface area contributed by atoms with Crippen LogP contribution in [0.1, 0.15) is 32.9 Å². The number of fused-ring (bicyclic) bond motifs is 6. The summed E-state index contributed by atoms with van der Waals surface area (Å²) < 4.78 is 224. The number of hydrogen-bond donors (Lipinski definition) is 0. The lowest BCUT2D eigenvalue weighted by Gasteiger charge is -2.26. The third-order valence-corrected chi connectivity index (χ3v) is 8.47. The van der Waals surface area contributed by atoms with E-state index in [1.807, 2.05) is 30.3 Å². The Morgan fingerprint density at radius 2 is 0.981 bits per heavy atom. The lowest BCUT2D eigenvalue weighted by atomic mass is 9.97. The minimum Gasteiger partial charge on any atom is -0.455 e. The van der Waals surface area contributed by atoms with Crippen LogP contribution in [-0.2, 0) is 0 Å². The second-order valence-electron chi connectivity index (χ2n) is 11.5. The van der Waals surface area contributed by atoms with Crippen LogP contribution in [0.25, 0.3) is 76.9 Å². The Hall–Kier alpha value is -6.90. The summed E-state index contributed by atoms with van der Waals surface area (Å²) in [5.74, 6) is 0. The smallest absolute Gasteiger partial charge is 0.143 e. The third kappa shape index (κ3) is 5.12. The van der Waals surface area contributed by atoms with Crippen molar-refractivity contribution in [2.75, 3.05) is 4.90 Å². The standard InChI is InChI=1S/C50H33NO/c1-2-10-34(11-3-1)35-20-22-36(23-21-35)37-24-29-41(30-25-37)51(42-31-26-40(27-32-42)44-17-8-14-38-12-4-6-15-43(38)44)47-18-9-19-48-49(47)46-33-28-39-13-5-7-16-45(39)50(46)52-48/h1-33H/i4D,5D,6D,7D,8D,9D,12D,13D,14D,15D,16D,17D,18D,19D,24D,25D,26D,27D,28D,29D,30D,31D,32D,33D. The van der Waals surface area contributed by atoms with Crippen molar-refractivity contribution in [2.24, 2.45) is 0 Å². The summed E-state index contributed by atoms with van der Waals surface area (Å²) >= 11 is 0. The molecule has 0 spiro atoms. The van der Waals surface area contributed by atoms with Gasteiger partial charge in [-0.1, -0.05) is 157 Å². The molecule has 0 unspecified atom stereocenters. The molecule has 10 aromatic rings. The molecular formula is C50H33NO. The summed E-state index contributed by atoms with van der Waals surface area (Å²) in [5.41, 5.74) is -3.95. The maximum atomic E-state index is 9.73. The highest BCUT2D eigenvalue weighted by atomic mass is 16.3. The fourth-order valence-electron chi connectivity index (χ4n) is 6.02. The predicted octanol–water partition coefficient (Wildman–Crippen LogP) is 14.4. The van der Waals surface area contributed by atoms with Gasteiger partial charge in [0, 0.05) is 22.1 Å². The van der Waals surface area contributed by atoms with Crippen LogP contribution in [0.4, 0.5) is 17.1 Å². The molecular weight excluding hydrogens is 631 g/mol. The van der Waals surface area contributed by atoms with Gasteiger partial charge in [0.25, 0.3) is 0 Å². The average molecular weight is 688 g/mol. The molecule has 2 heteroatoms. The molecule has 0 fully saturated rings. The first-order chi connectivity index (χ1) is 35.8. The number of benzene rings is 9. The fourth-order valence-corrected chi connectivity index (χ4v) is 6.02. The van der Waals surface area contributed by atoms with Gasteiger partial charge in [-0.05, 0) is 91.8 Å². The van der Waals surface area contributed by atoms with E-state index in [1.54, 1.807) is 24.3 Å². The van der Waals surface area contributed by atoms with Gasteiger partial charge >= 0.3 is 0 Å². The Kier molecular flexibility index (Phi) is 3.44. The van der Waals surface area contributed by atoms with Crippen LogP contribution in [0.5, 0.6) is 0 Å². The molecule has 0 atom stereocenters. The molecule has 0 saturated heterocycles. The number of hydrogen-bond acceptors (Lipinski definition) is 2. The molecule has 2 nitrogen and oxygen atoms in total. The molecule has 0 amide bonds. The van der Waals surface area contributed by atoms with Gasteiger partial charge in [0.05, 0.1) is 44.0 Å². The SMILES string of the molecule is [2H]c1c([2H])c(N(c2c([2H])c([2H])c(-c3c([2H])c([2H])c([2H])c4c([2H])c([2H])c([2H])c([2H])c34)c([2H])c2[2H])c2c([2H])c([2H])c([2H])c3oc4c5c([2H])c([2H])c([2H])c([2H])c5c([2H])c([2H])c4c23)c([2H])c([2H])c1-c1ccc(-c2ccccc2)cc1. The normalized spacial score (nSPS) is 17.9. The van der Waals surface area contributed by atoms with Crippen molar-refractivity contribution >= 4 is 60.5 Å². The van der Waals surface area contributed by atoms with Crippen molar-refractivity contribution in [1.82, 2.24) is 0 Å². The molecule has 0 aliphatic carbocycles. The van der Waals surface area contributed by atoms with E-state index >= 15 is 0 Å². The van der Waals surface area contributed by atoms with Crippen LogP contribution in [0, 0.1) is 0 Å². The van der Waals surface area contributed by atoms with Crippen molar-refractivity contribution in [3.8, 4) is 33.4 Å². The number of anilines is 3. The summed E-state index contributed by atoms with van der Waals surface area (Å²) in [6.07, 6.45) is 0. The second kappa shape index (κ2) is 12.5. The van der Waals surface area contributed by atoms with E-state index in [4.69, 9.17) is 23.6 Å². The average Bonchev–Trinajstić information content (AvgIpc) is 3.90. The Morgan fingerprint density at radius 3 is 1.71 bits per heavy atom. The first-order valence-electron chi connectivity index (χ1n) is 27.8. The zero-order valence-corrected chi connectivity index (χ0v) is 26.6. The highest BCUT2D eigenvalue weighted by Gasteiger charge is 2.20. The molecule has 0 N–H and O–H groups in total. The first-order valence-corrected chi connectivity index (χ1v) is 15.8. The van der Waals surface area contributed by atoms with Crippen LogP contribution in [-0.4, -0.2) is 0 Å². The molecule has 0 radical (unpaired) electrons. The quantitative estimate of drug-likeness (QED) is 0.173. The van der Waals surface area contributed by atoms with Gasteiger partial charge in [-0.15, -0.1) is 0 Å². The predicted molar refractivity (Wildman–Crippen MR) is 220 cm³/mol. The highest BCUT2D eigenvalue weighted by molar-refractivity contribution is 6.19. The van der Waals surface area contributed by atoms with Crippen molar-refractivity contribution in [3.05, 3.63) is 200 Å². The van der Waals surface area contributed by atoms with Crippen molar-refractivity contribution in [2.45, 2.75) is 0 Å². The zero-order valence-electron chi connectivity index (χ0n) is 50.6. The van der Waals surface area contributed by atoms with Gasteiger partial charge < -0.3 is 9.32 Å². The summed E-state index contributed by atoms with van der Waals surface area (Å²) in [7, 11) is 0. The Morgan fingerprint density at radius 1 is 0.404 bits per heavy atom. The van der Waals surface area contributed by atoms with Crippen LogP contribution < -0.4 is 4.90 Å². The Labute approximate surface area is 336 Å². The second-order valence-corrected chi connectivity index (χ2v) is 11.5. The molecule has 1 heterocycles. The lowest BCUT2D eigenvalue weighted by molar-refractivity contribution is 0.672. The van der Waals surface area contributed by atoms with E-state index in [9.17, 15) is 13.7 Å². The number of nitrogens with zero attached hydrogens (tertiary/aromatic N) is 1. The van der Waals surface area contributed by atoms with Crippen molar-refractivity contribution in [1.29, 1.82) is 0 Å². The van der Waals surface area contributed by atoms with E-state index in [1.165, 1.54) is 0 Å². The summed E-state index contributed by atoms with van der Waals surface area (Å²) in [6.45, 7) is 0. The van der Waals surface area contributed by atoms with E-state index in [2.05, 4.69) is 0 Å². The molecule has 0 saturated carbocycles. The topological polar surface area (TPSA) is 16.4 Å². The van der Waals surface area contributed by atoms with Crippen LogP contribution in [0.3, 0.4) is 0 Å². The fraction of sp³-hybridized carbons (Fsp3) is 0. The number of rotatable bonds is 6. The maximum absolute atomic E-state index is 9.73. The molecule has 0 aliphatic heterocycles. The van der Waals surface area contributed by atoms with Crippen molar-refractivity contribution in [3.63, 3.8) is 0 Å². The van der Waals surface area contributed by atoms with Gasteiger partial charge in [-0.2, -0.15) is 0 Å². The monoisotopic (exact) mass is 687 g/mol. The van der Waals surface area contributed by atoms with Gasteiger partial charge in [-0.3, -0.25) is 0 Å². The molecule has 244 valence electrons. The minimum absolute atomic E-state index is 0.196. The Bertz CT molecular complexity index is 4210. The van der Waals surface area contributed by atoms with E-state index in [0.717, 1.165) is 11.1 Å². The molecule has 0 aliphatic rings. The Balaban J connectivity index is 1.38. The van der Waals surface area contributed by atoms with E-state index in [0.29, 0.717) is 4.90 Å². The van der Waals surface area contributed by atoms with Gasteiger partial charge in [0.1, 0.15) is 11.2 Å². The maximum Gasteiger partial charge on any atom is 0.143 e. The lowest BCUT2D eigenvalue weighted by Crippen LogP contribution is -2.10. The largest absolute Gasteiger partial charge is 0.455 e. The molecule has 10 rings (SSSR count). The molecule has 1 aromatic heterocycles. The summed E-state index contributed by atoms with van der Waals surface area (Å²) in [5, 5.41) is -3.24. The van der Waals surface area contributed by atoms with Gasteiger partial charge in [0.15, 0.2) is 0 Å². The molecule has 0 bridgehead atoms. The van der Waals surface area contributed by atoms with Crippen LogP contribution >= 0.6 is 0 Å². The van der Waals surface area contributed by atoms with Crippen LogP contribution in [0.15, 0.2) is 204 Å². The molecule has 52 heavy (non-hydrogen) atoms. The van der Waals surface area contributed by atoms with E-state index in [-0.39, 0.29) is 11.1 Å². The van der Waals surface area contributed by atoms with Gasteiger partial charge in [-0.25, -0.2) is 0 Å². The minimum atomic E-state index is -1.14. The summed E-state index contributed by atoms with van der Waals surface area (Å²) in [6, 6.07) is -5.60. The van der Waals surface area contributed by atoms with Gasteiger partial charge in [0.2, 0.25) is 0 Å². The van der Waals surface area contributed by atoms with E-state index < -0.39 is 217 Å². The highest BCUT2D eigenvalue weighted by Crippen LogP contribution is 2.45. The zero-order chi connectivity index (χ0) is 55.3. The summed E-state index contributed by atoms with van der Waals surface area (Å²) in [4.78, 5) is 0.590.